The zero-order valence-corrected chi connectivity index (χ0v) is 20.6. The third kappa shape index (κ3) is 3.69. The molecule has 188 valence electrons. The van der Waals surface area contributed by atoms with E-state index in [2.05, 4.69) is 0 Å². The van der Waals surface area contributed by atoms with Gasteiger partial charge in [0.05, 0.1) is 18.1 Å². The molecular weight excluding hydrogens is 440 g/mol. The molecule has 1 N–H and O–H groups in total. The van der Waals surface area contributed by atoms with E-state index in [1.165, 1.54) is 13.8 Å². The highest BCUT2D eigenvalue weighted by Crippen LogP contribution is 2.69. The highest BCUT2D eigenvalue weighted by molar-refractivity contribution is 5.91. The molecule has 7 atom stereocenters. The van der Waals surface area contributed by atoms with E-state index in [4.69, 9.17) is 14.2 Å². The van der Waals surface area contributed by atoms with Crippen molar-refractivity contribution in [2.75, 3.05) is 13.2 Å². The SMILES string of the molecule is CCOC(=O)[C@@H]1CC[C@]2(O)[C@@H]3CCC4=CC(=O)CC[C@]4(COC(C)=O)[C@H]3[C@H](OC(C)=O)C[C@]12C. The molecule has 0 unspecified atom stereocenters. The zero-order chi connectivity index (χ0) is 24.9. The lowest BCUT2D eigenvalue weighted by molar-refractivity contribution is -0.235. The van der Waals surface area contributed by atoms with E-state index in [0.29, 0.717) is 44.9 Å². The van der Waals surface area contributed by atoms with Crippen molar-refractivity contribution in [2.24, 2.45) is 28.6 Å². The Kier molecular flexibility index (Phi) is 6.42. The molecule has 3 fully saturated rings. The molecule has 4 rings (SSSR count). The highest BCUT2D eigenvalue weighted by Gasteiger charge is 2.72. The van der Waals surface area contributed by atoms with E-state index >= 15 is 0 Å². The first kappa shape index (κ1) is 24.9. The fourth-order valence-corrected chi connectivity index (χ4v) is 7.83. The van der Waals surface area contributed by atoms with Crippen molar-refractivity contribution in [3.05, 3.63) is 11.6 Å². The van der Waals surface area contributed by atoms with Crippen molar-refractivity contribution < 1.29 is 38.5 Å². The molecule has 0 saturated heterocycles. The summed E-state index contributed by atoms with van der Waals surface area (Å²) in [4.78, 5) is 49.3. The van der Waals surface area contributed by atoms with Gasteiger partial charge in [0, 0.05) is 37.0 Å². The van der Waals surface area contributed by atoms with Gasteiger partial charge >= 0.3 is 17.9 Å². The standard InChI is InChI=1S/C26H36O8/c1-5-32-23(30)20-9-11-26(31)19-7-6-17-12-18(29)8-10-25(17,14-33-15(2)27)22(19)21(34-16(3)28)13-24(20,26)4/h12,19-22,31H,5-11,13-14H2,1-4H3/t19-,20+,21-,22-,24-,25-,26+/m1/s1. The average molecular weight is 477 g/mol. The van der Waals surface area contributed by atoms with Crippen LogP contribution in [0.4, 0.5) is 0 Å². The molecule has 0 aromatic carbocycles. The zero-order valence-electron chi connectivity index (χ0n) is 20.6. The second-order valence-corrected chi connectivity index (χ2v) is 10.8. The number of carbonyl (C=O) groups excluding carboxylic acids is 4. The Hall–Kier alpha value is -2.22. The summed E-state index contributed by atoms with van der Waals surface area (Å²) >= 11 is 0. The van der Waals surface area contributed by atoms with Gasteiger partial charge in [0.15, 0.2) is 5.78 Å². The molecule has 0 aliphatic heterocycles. The molecule has 0 heterocycles. The fourth-order valence-electron chi connectivity index (χ4n) is 7.83. The summed E-state index contributed by atoms with van der Waals surface area (Å²) in [5.41, 5.74) is -1.77. The van der Waals surface area contributed by atoms with Crippen LogP contribution in [0.1, 0.15) is 72.6 Å². The number of fused-ring (bicyclic) bond motifs is 5. The third-order valence-corrected chi connectivity index (χ3v) is 9.22. The van der Waals surface area contributed by atoms with Crippen molar-refractivity contribution in [1.82, 2.24) is 0 Å². The van der Waals surface area contributed by atoms with E-state index in [9.17, 15) is 24.3 Å². The lowest BCUT2D eigenvalue weighted by Gasteiger charge is -2.63. The second kappa shape index (κ2) is 8.77. The van der Waals surface area contributed by atoms with Gasteiger partial charge in [-0.1, -0.05) is 12.5 Å². The first-order valence-electron chi connectivity index (χ1n) is 12.4. The Morgan fingerprint density at radius 2 is 1.82 bits per heavy atom. The van der Waals surface area contributed by atoms with Gasteiger partial charge in [0.1, 0.15) is 12.7 Å². The predicted molar refractivity (Wildman–Crippen MR) is 120 cm³/mol. The summed E-state index contributed by atoms with van der Waals surface area (Å²) in [7, 11) is 0. The lowest BCUT2D eigenvalue weighted by Crippen LogP contribution is -2.67. The largest absolute Gasteiger partial charge is 0.466 e. The lowest BCUT2D eigenvalue weighted by atomic mass is 9.44. The summed E-state index contributed by atoms with van der Waals surface area (Å²) in [5.74, 6) is -2.24. The van der Waals surface area contributed by atoms with Crippen molar-refractivity contribution in [2.45, 2.75) is 84.3 Å². The van der Waals surface area contributed by atoms with Gasteiger partial charge in [-0.25, -0.2) is 0 Å². The van der Waals surface area contributed by atoms with Gasteiger partial charge in [-0.15, -0.1) is 0 Å². The molecule has 0 aromatic heterocycles. The summed E-state index contributed by atoms with van der Waals surface area (Å²) in [6.45, 7) is 6.73. The molecule has 34 heavy (non-hydrogen) atoms. The summed E-state index contributed by atoms with van der Waals surface area (Å²) in [6.07, 6.45) is 4.30. The number of rotatable bonds is 5. The fraction of sp³-hybridized carbons (Fsp3) is 0.769. The molecule has 4 aliphatic carbocycles. The maximum atomic E-state index is 12.9. The molecule has 0 spiro atoms. The Labute approximate surface area is 200 Å². The Balaban J connectivity index is 1.82. The topological polar surface area (TPSA) is 116 Å². The molecule has 0 radical (unpaired) electrons. The second-order valence-electron chi connectivity index (χ2n) is 10.8. The smallest absolute Gasteiger partial charge is 0.309 e. The van der Waals surface area contributed by atoms with Gasteiger partial charge < -0.3 is 19.3 Å². The maximum absolute atomic E-state index is 12.9. The Morgan fingerprint density at radius 1 is 1.09 bits per heavy atom. The van der Waals surface area contributed by atoms with E-state index in [-0.39, 0.29) is 36.8 Å². The van der Waals surface area contributed by atoms with Crippen molar-refractivity contribution >= 4 is 23.7 Å². The van der Waals surface area contributed by atoms with Crippen molar-refractivity contribution in [3.63, 3.8) is 0 Å². The Morgan fingerprint density at radius 3 is 2.47 bits per heavy atom. The summed E-state index contributed by atoms with van der Waals surface area (Å²) < 4.78 is 16.8. The maximum Gasteiger partial charge on any atom is 0.309 e. The molecule has 0 bridgehead atoms. The number of hydrogen-bond acceptors (Lipinski definition) is 8. The number of esters is 3. The van der Waals surface area contributed by atoms with Crippen LogP contribution >= 0.6 is 0 Å². The quantitative estimate of drug-likeness (QED) is 0.476. The van der Waals surface area contributed by atoms with Crippen LogP contribution in [0, 0.1) is 28.6 Å². The first-order valence-corrected chi connectivity index (χ1v) is 12.4. The minimum Gasteiger partial charge on any atom is -0.466 e. The van der Waals surface area contributed by atoms with Crippen LogP contribution < -0.4 is 0 Å². The van der Waals surface area contributed by atoms with Crippen LogP contribution in [0.2, 0.25) is 0 Å². The predicted octanol–water partition coefficient (Wildman–Crippen LogP) is 2.90. The molecule has 0 aromatic rings. The number of carbonyl (C=O) groups is 4. The number of aliphatic hydroxyl groups is 1. The monoisotopic (exact) mass is 476 g/mol. The van der Waals surface area contributed by atoms with Crippen LogP contribution in [0.5, 0.6) is 0 Å². The minimum atomic E-state index is -1.16. The van der Waals surface area contributed by atoms with Gasteiger partial charge in [0.25, 0.3) is 0 Å². The molecule has 4 aliphatic rings. The highest BCUT2D eigenvalue weighted by atomic mass is 16.5. The van der Waals surface area contributed by atoms with Crippen LogP contribution in [-0.2, 0) is 33.4 Å². The molecule has 8 nitrogen and oxygen atoms in total. The molecule has 3 saturated carbocycles. The van der Waals surface area contributed by atoms with E-state index in [1.54, 1.807) is 13.0 Å². The molecule has 8 heteroatoms. The van der Waals surface area contributed by atoms with E-state index in [1.807, 2.05) is 6.92 Å². The normalized spacial score (nSPS) is 40.9. The number of ketones is 1. The van der Waals surface area contributed by atoms with Gasteiger partial charge in [-0.3, -0.25) is 19.2 Å². The number of hydrogen-bond donors (Lipinski definition) is 1. The first-order chi connectivity index (χ1) is 16.0. The van der Waals surface area contributed by atoms with E-state index in [0.717, 1.165) is 5.57 Å². The Bertz CT molecular complexity index is 924. The van der Waals surface area contributed by atoms with Crippen LogP contribution in [0.25, 0.3) is 0 Å². The van der Waals surface area contributed by atoms with Gasteiger partial charge in [-0.05, 0) is 57.4 Å². The van der Waals surface area contributed by atoms with Crippen LogP contribution in [0.15, 0.2) is 11.6 Å². The van der Waals surface area contributed by atoms with Gasteiger partial charge in [-0.2, -0.15) is 0 Å². The average Bonchev–Trinajstić information content (AvgIpc) is 3.03. The van der Waals surface area contributed by atoms with Crippen molar-refractivity contribution in [1.29, 1.82) is 0 Å². The third-order valence-electron chi connectivity index (χ3n) is 9.22. The summed E-state index contributed by atoms with van der Waals surface area (Å²) in [5, 5.41) is 12.3. The molecule has 0 amide bonds. The van der Waals surface area contributed by atoms with Crippen LogP contribution in [0.3, 0.4) is 0 Å². The van der Waals surface area contributed by atoms with Crippen LogP contribution in [-0.4, -0.2) is 53.7 Å². The van der Waals surface area contributed by atoms with Crippen molar-refractivity contribution in [3.8, 4) is 0 Å². The number of ether oxygens (including phenoxy) is 3. The molecular formula is C26H36O8. The minimum absolute atomic E-state index is 0.0403. The van der Waals surface area contributed by atoms with E-state index < -0.39 is 40.4 Å². The summed E-state index contributed by atoms with van der Waals surface area (Å²) in [6, 6.07) is 0. The van der Waals surface area contributed by atoms with Gasteiger partial charge in [0.2, 0.25) is 0 Å².